The number of aryl methyl sites for hydroxylation is 2. The molecule has 168 valence electrons. The number of methoxy groups -OCH3 is 1. The molecule has 1 aliphatic rings. The number of nitrogens with zero attached hydrogens (tertiary/aromatic N) is 3. The van der Waals surface area contributed by atoms with Gasteiger partial charge in [0.05, 0.1) is 7.11 Å². The Labute approximate surface area is 190 Å². The largest absolute Gasteiger partial charge is 0.497 e. The molecule has 0 unspecified atom stereocenters. The molecule has 2 heterocycles. The molecule has 31 heavy (non-hydrogen) atoms. The number of nitrogens with one attached hydrogen (secondary N) is 1. The Kier molecular flexibility index (Phi) is 8.72. The highest BCUT2D eigenvalue weighted by molar-refractivity contribution is 7.98. The second kappa shape index (κ2) is 11.5. The van der Waals surface area contributed by atoms with Gasteiger partial charge in [-0.2, -0.15) is 0 Å². The van der Waals surface area contributed by atoms with Gasteiger partial charge >= 0.3 is 0 Å². The van der Waals surface area contributed by atoms with Gasteiger partial charge in [-0.1, -0.05) is 23.9 Å². The van der Waals surface area contributed by atoms with Crippen LogP contribution in [0.25, 0.3) is 0 Å². The first-order chi connectivity index (χ1) is 15.0. The van der Waals surface area contributed by atoms with E-state index in [9.17, 15) is 4.79 Å². The minimum atomic E-state index is 0.119. The fourth-order valence-corrected chi connectivity index (χ4v) is 4.54. The van der Waals surface area contributed by atoms with Crippen LogP contribution in [0.4, 0.5) is 0 Å². The molecule has 1 fully saturated rings. The lowest BCUT2D eigenvalue weighted by atomic mass is 9.96. The maximum atomic E-state index is 12.4. The maximum Gasteiger partial charge on any atom is 0.220 e. The number of thioether (sulfide) groups is 1. The van der Waals surface area contributed by atoms with E-state index < -0.39 is 0 Å². The summed E-state index contributed by atoms with van der Waals surface area (Å²) in [5, 5.41) is 3.94. The summed E-state index contributed by atoms with van der Waals surface area (Å²) in [5.41, 5.74) is 4.37. The molecule has 2 aromatic rings. The summed E-state index contributed by atoms with van der Waals surface area (Å²) in [7, 11) is 1.69. The van der Waals surface area contributed by atoms with Crippen molar-refractivity contribution < 1.29 is 9.53 Å². The summed E-state index contributed by atoms with van der Waals surface area (Å²) in [6.45, 7) is 7.89. The summed E-state index contributed by atoms with van der Waals surface area (Å²) in [6.07, 6.45) is 5.40. The number of hydrogen-bond donors (Lipinski definition) is 1. The number of aromatic nitrogens is 2. The molecule has 0 radical (unpaired) electrons. The predicted octanol–water partition coefficient (Wildman–Crippen LogP) is 3.78. The zero-order chi connectivity index (χ0) is 22.2. The Balaban J connectivity index is 1.37. The fourth-order valence-electron chi connectivity index (χ4n) is 4.08. The van der Waals surface area contributed by atoms with Crippen molar-refractivity contribution in [1.82, 2.24) is 20.2 Å². The van der Waals surface area contributed by atoms with E-state index in [-0.39, 0.29) is 5.91 Å². The minimum absolute atomic E-state index is 0.119. The maximum absolute atomic E-state index is 12.4. The van der Waals surface area contributed by atoms with Gasteiger partial charge in [0.25, 0.3) is 0 Å². The van der Waals surface area contributed by atoms with E-state index >= 15 is 0 Å². The molecule has 0 bridgehead atoms. The Morgan fingerprint density at radius 3 is 2.39 bits per heavy atom. The summed E-state index contributed by atoms with van der Waals surface area (Å²) < 4.78 is 5.23. The number of rotatable bonds is 9. The summed E-state index contributed by atoms with van der Waals surface area (Å²) in [6, 6.07) is 8.30. The van der Waals surface area contributed by atoms with Crippen LogP contribution in [0, 0.1) is 19.8 Å². The molecule has 1 N–H and O–H groups in total. The quantitative estimate of drug-likeness (QED) is 0.471. The molecule has 1 aromatic heterocycles. The fraction of sp³-hybridized carbons (Fsp3) is 0.542. The van der Waals surface area contributed by atoms with E-state index in [1.165, 1.54) is 5.56 Å². The average molecular weight is 443 g/mol. The molecule has 1 aliphatic heterocycles. The van der Waals surface area contributed by atoms with Gasteiger partial charge in [-0.3, -0.25) is 9.69 Å². The third-order valence-corrected chi connectivity index (χ3v) is 6.59. The second-order valence-corrected chi connectivity index (χ2v) is 9.00. The minimum Gasteiger partial charge on any atom is -0.497 e. The number of carbonyl (C=O) groups excluding carboxylic acids is 1. The number of benzene rings is 1. The SMILES string of the molecule is COc1ccc(CN2CCC(CNC(=O)CCc3c(C)nc(SC)nc3C)CC2)cc1. The van der Waals surface area contributed by atoms with Crippen molar-refractivity contribution in [2.24, 2.45) is 5.92 Å². The van der Waals surface area contributed by atoms with Gasteiger partial charge in [-0.05, 0) is 81.6 Å². The topological polar surface area (TPSA) is 67.3 Å². The average Bonchev–Trinajstić information content (AvgIpc) is 2.78. The molecule has 7 heteroatoms. The summed E-state index contributed by atoms with van der Waals surface area (Å²) in [5.74, 6) is 1.57. The number of piperidine rings is 1. The van der Waals surface area contributed by atoms with E-state index in [1.54, 1.807) is 18.9 Å². The standard InChI is InChI=1S/C24H34N4O2S/c1-17-22(18(2)27-24(26-17)31-4)9-10-23(29)25-15-19-11-13-28(14-12-19)16-20-5-7-21(30-3)8-6-20/h5-8,19H,9-16H2,1-4H3,(H,25,29). The van der Waals surface area contributed by atoms with Gasteiger partial charge < -0.3 is 10.1 Å². The van der Waals surface area contributed by atoms with Crippen molar-refractivity contribution in [3.63, 3.8) is 0 Å². The van der Waals surface area contributed by atoms with Gasteiger partial charge in [0, 0.05) is 30.9 Å². The number of carbonyl (C=O) groups is 1. The van der Waals surface area contributed by atoms with E-state index in [0.29, 0.717) is 18.8 Å². The lowest BCUT2D eigenvalue weighted by molar-refractivity contribution is -0.121. The van der Waals surface area contributed by atoms with Crippen LogP contribution in [0.1, 0.15) is 41.8 Å². The van der Waals surface area contributed by atoms with E-state index in [2.05, 4.69) is 32.3 Å². The molecule has 0 atom stereocenters. The zero-order valence-electron chi connectivity index (χ0n) is 19.1. The molecule has 1 saturated heterocycles. The van der Waals surface area contributed by atoms with Gasteiger partial charge in [0.1, 0.15) is 5.75 Å². The first kappa shape index (κ1) is 23.5. The first-order valence-electron chi connectivity index (χ1n) is 11.0. The van der Waals surface area contributed by atoms with Crippen molar-refractivity contribution in [3.8, 4) is 5.75 Å². The normalized spacial score (nSPS) is 15.1. The van der Waals surface area contributed by atoms with Crippen molar-refractivity contribution >= 4 is 17.7 Å². The predicted molar refractivity (Wildman–Crippen MR) is 126 cm³/mol. The Morgan fingerprint density at radius 1 is 1.16 bits per heavy atom. The number of likely N-dealkylation sites (tertiary alicyclic amines) is 1. The van der Waals surface area contributed by atoms with Crippen LogP contribution in [0.3, 0.4) is 0 Å². The highest BCUT2D eigenvalue weighted by atomic mass is 32.2. The molecule has 1 amide bonds. The van der Waals surface area contributed by atoms with Crippen molar-refractivity contribution in [1.29, 1.82) is 0 Å². The Morgan fingerprint density at radius 2 is 1.81 bits per heavy atom. The molecule has 6 nitrogen and oxygen atoms in total. The third-order valence-electron chi connectivity index (χ3n) is 6.05. The van der Waals surface area contributed by atoms with Gasteiger partial charge in [-0.15, -0.1) is 0 Å². The van der Waals surface area contributed by atoms with Crippen molar-refractivity contribution in [2.45, 2.75) is 51.2 Å². The third kappa shape index (κ3) is 6.94. The molecule has 0 spiro atoms. The van der Waals surface area contributed by atoms with Crippen LogP contribution in [0.2, 0.25) is 0 Å². The van der Waals surface area contributed by atoms with Crippen LogP contribution in [0.5, 0.6) is 5.75 Å². The van der Waals surface area contributed by atoms with Crippen molar-refractivity contribution in [2.75, 3.05) is 33.0 Å². The van der Waals surface area contributed by atoms with E-state index in [0.717, 1.165) is 66.9 Å². The highest BCUT2D eigenvalue weighted by Crippen LogP contribution is 2.20. The van der Waals surface area contributed by atoms with Gasteiger partial charge in [0.2, 0.25) is 5.91 Å². The number of hydrogen-bond acceptors (Lipinski definition) is 6. The monoisotopic (exact) mass is 442 g/mol. The molecule has 0 aliphatic carbocycles. The molecule has 0 saturated carbocycles. The second-order valence-electron chi connectivity index (χ2n) is 8.23. The smallest absolute Gasteiger partial charge is 0.220 e. The van der Waals surface area contributed by atoms with E-state index in [1.807, 2.05) is 32.2 Å². The van der Waals surface area contributed by atoms with Crippen LogP contribution in [-0.2, 0) is 17.8 Å². The number of amides is 1. The Hall–Kier alpha value is -2.12. The number of ether oxygens (including phenoxy) is 1. The van der Waals surface area contributed by atoms with Crippen LogP contribution >= 0.6 is 11.8 Å². The first-order valence-corrected chi connectivity index (χ1v) is 12.2. The molecule has 3 rings (SSSR count). The van der Waals surface area contributed by atoms with Crippen LogP contribution in [0.15, 0.2) is 29.4 Å². The summed E-state index contributed by atoms with van der Waals surface area (Å²) >= 11 is 1.55. The van der Waals surface area contributed by atoms with Crippen LogP contribution < -0.4 is 10.1 Å². The van der Waals surface area contributed by atoms with E-state index in [4.69, 9.17) is 4.74 Å². The lowest BCUT2D eigenvalue weighted by Gasteiger charge is -2.32. The molecular formula is C24H34N4O2S. The Bertz CT molecular complexity index is 841. The van der Waals surface area contributed by atoms with Crippen molar-refractivity contribution in [3.05, 3.63) is 46.8 Å². The van der Waals surface area contributed by atoms with Gasteiger partial charge in [-0.25, -0.2) is 9.97 Å². The molecular weight excluding hydrogens is 408 g/mol. The lowest BCUT2D eigenvalue weighted by Crippen LogP contribution is -2.38. The highest BCUT2D eigenvalue weighted by Gasteiger charge is 2.20. The summed E-state index contributed by atoms with van der Waals surface area (Å²) in [4.78, 5) is 23.9. The van der Waals surface area contributed by atoms with Gasteiger partial charge in [0.15, 0.2) is 5.16 Å². The molecule has 1 aromatic carbocycles. The zero-order valence-corrected chi connectivity index (χ0v) is 19.9. The van der Waals surface area contributed by atoms with Crippen LogP contribution in [-0.4, -0.2) is 53.8 Å².